The highest BCUT2D eigenvalue weighted by molar-refractivity contribution is 5.95. The lowest BCUT2D eigenvalue weighted by Gasteiger charge is -2.33. The van der Waals surface area contributed by atoms with E-state index in [1.165, 1.54) is 6.07 Å². The van der Waals surface area contributed by atoms with E-state index in [1.54, 1.807) is 18.4 Å². The number of amides is 1. The van der Waals surface area contributed by atoms with Gasteiger partial charge in [0.15, 0.2) is 0 Å². The molecule has 1 aliphatic heterocycles. The Balaban J connectivity index is 1.51. The molecule has 1 atom stereocenters. The molecule has 3 aromatic rings. The number of hydrogen-bond donors (Lipinski definition) is 1. The minimum absolute atomic E-state index is 0.0338. The van der Waals surface area contributed by atoms with Crippen LogP contribution in [0.4, 0.5) is 4.39 Å². The van der Waals surface area contributed by atoms with Crippen molar-refractivity contribution in [2.24, 2.45) is 0 Å². The topological polar surface area (TPSA) is 54.7 Å². The summed E-state index contributed by atoms with van der Waals surface area (Å²) in [5.74, 6) is -0.209. The number of carbonyl (C=O) groups is 1. The van der Waals surface area contributed by atoms with Gasteiger partial charge in [-0.25, -0.2) is 4.39 Å². The SMILES string of the molecule is O=C(NCC(c1ccco1)N1CCOCC1)c1cc(-c2ccccc2)ccc1F. The number of carbonyl (C=O) groups excluding carboxylic acids is 1. The van der Waals surface area contributed by atoms with Crippen molar-refractivity contribution in [2.75, 3.05) is 32.8 Å². The molecule has 0 spiro atoms. The Kier molecular flexibility index (Phi) is 6.03. The Morgan fingerprint density at radius 1 is 1.03 bits per heavy atom. The fraction of sp³-hybridized carbons (Fsp3) is 0.261. The third-order valence-corrected chi connectivity index (χ3v) is 5.13. The second-order valence-corrected chi connectivity index (χ2v) is 6.95. The van der Waals surface area contributed by atoms with E-state index in [0.717, 1.165) is 30.0 Å². The fourth-order valence-corrected chi connectivity index (χ4v) is 3.57. The van der Waals surface area contributed by atoms with Crippen LogP contribution < -0.4 is 5.32 Å². The van der Waals surface area contributed by atoms with Crippen LogP contribution in [0.25, 0.3) is 11.1 Å². The number of halogens is 1. The van der Waals surface area contributed by atoms with Gasteiger partial charge in [-0.3, -0.25) is 9.69 Å². The minimum atomic E-state index is -0.539. The summed E-state index contributed by atoms with van der Waals surface area (Å²) in [6, 6.07) is 17.8. The van der Waals surface area contributed by atoms with Crippen molar-refractivity contribution in [1.29, 1.82) is 0 Å². The van der Waals surface area contributed by atoms with E-state index < -0.39 is 11.7 Å². The second-order valence-electron chi connectivity index (χ2n) is 6.95. The zero-order valence-corrected chi connectivity index (χ0v) is 16.0. The van der Waals surface area contributed by atoms with Crippen LogP contribution in [-0.4, -0.2) is 43.7 Å². The van der Waals surface area contributed by atoms with Crippen molar-refractivity contribution in [3.63, 3.8) is 0 Å². The molecule has 1 aliphatic rings. The number of furan rings is 1. The molecule has 0 bridgehead atoms. The molecule has 0 aliphatic carbocycles. The van der Waals surface area contributed by atoms with Crippen LogP contribution in [0, 0.1) is 5.82 Å². The molecule has 1 N–H and O–H groups in total. The number of ether oxygens (including phenoxy) is 1. The molecule has 0 radical (unpaired) electrons. The smallest absolute Gasteiger partial charge is 0.254 e. The Bertz CT molecular complexity index is 938. The van der Waals surface area contributed by atoms with Crippen LogP contribution in [0.3, 0.4) is 0 Å². The largest absolute Gasteiger partial charge is 0.468 e. The third-order valence-electron chi connectivity index (χ3n) is 5.13. The van der Waals surface area contributed by atoms with Gasteiger partial charge in [0, 0.05) is 19.6 Å². The highest BCUT2D eigenvalue weighted by Gasteiger charge is 2.26. The van der Waals surface area contributed by atoms with E-state index in [-0.39, 0.29) is 11.6 Å². The zero-order valence-electron chi connectivity index (χ0n) is 16.0. The molecule has 1 fully saturated rings. The highest BCUT2D eigenvalue weighted by atomic mass is 19.1. The maximum atomic E-state index is 14.4. The van der Waals surface area contributed by atoms with Gasteiger partial charge in [0.2, 0.25) is 0 Å². The minimum Gasteiger partial charge on any atom is -0.468 e. The molecular weight excluding hydrogens is 371 g/mol. The summed E-state index contributed by atoms with van der Waals surface area (Å²) >= 11 is 0. The number of benzene rings is 2. The van der Waals surface area contributed by atoms with Gasteiger partial charge < -0.3 is 14.5 Å². The summed E-state index contributed by atoms with van der Waals surface area (Å²) in [4.78, 5) is 15.0. The first-order valence-electron chi connectivity index (χ1n) is 9.71. The summed E-state index contributed by atoms with van der Waals surface area (Å²) < 4.78 is 25.4. The molecule has 5 nitrogen and oxygen atoms in total. The molecule has 4 rings (SSSR count). The van der Waals surface area contributed by atoms with Crippen LogP contribution in [0.5, 0.6) is 0 Å². The van der Waals surface area contributed by atoms with E-state index >= 15 is 0 Å². The zero-order chi connectivity index (χ0) is 20.1. The molecule has 1 saturated heterocycles. The number of nitrogens with one attached hydrogen (secondary N) is 1. The van der Waals surface area contributed by atoms with Crippen molar-refractivity contribution in [3.8, 4) is 11.1 Å². The van der Waals surface area contributed by atoms with Crippen molar-refractivity contribution in [1.82, 2.24) is 10.2 Å². The fourth-order valence-electron chi connectivity index (χ4n) is 3.57. The average molecular weight is 394 g/mol. The number of rotatable bonds is 6. The summed E-state index contributed by atoms with van der Waals surface area (Å²) in [6.45, 7) is 3.09. The second kappa shape index (κ2) is 9.03. The lowest BCUT2D eigenvalue weighted by atomic mass is 10.0. The van der Waals surface area contributed by atoms with Gasteiger partial charge in [-0.15, -0.1) is 0 Å². The first kappa shape index (κ1) is 19.4. The van der Waals surface area contributed by atoms with Gasteiger partial charge in [-0.1, -0.05) is 36.4 Å². The molecule has 1 amide bonds. The molecule has 2 heterocycles. The molecule has 1 aromatic heterocycles. The van der Waals surface area contributed by atoms with E-state index in [2.05, 4.69) is 10.2 Å². The first-order chi connectivity index (χ1) is 14.2. The van der Waals surface area contributed by atoms with Crippen LogP contribution in [0.2, 0.25) is 0 Å². The maximum absolute atomic E-state index is 14.4. The van der Waals surface area contributed by atoms with Crippen molar-refractivity contribution in [3.05, 3.63) is 84.1 Å². The lowest BCUT2D eigenvalue weighted by molar-refractivity contribution is 0.0118. The van der Waals surface area contributed by atoms with Crippen molar-refractivity contribution in [2.45, 2.75) is 6.04 Å². The van der Waals surface area contributed by atoms with Gasteiger partial charge in [-0.05, 0) is 35.4 Å². The molecule has 29 heavy (non-hydrogen) atoms. The van der Waals surface area contributed by atoms with Gasteiger partial charge in [-0.2, -0.15) is 0 Å². The normalized spacial score (nSPS) is 15.8. The quantitative estimate of drug-likeness (QED) is 0.689. The highest BCUT2D eigenvalue weighted by Crippen LogP contribution is 2.24. The van der Waals surface area contributed by atoms with Crippen LogP contribution in [0.1, 0.15) is 22.2 Å². The van der Waals surface area contributed by atoms with E-state index in [9.17, 15) is 9.18 Å². The van der Waals surface area contributed by atoms with Crippen LogP contribution in [0.15, 0.2) is 71.3 Å². The Labute approximate surface area is 169 Å². The molecule has 2 aromatic carbocycles. The molecular formula is C23H23FN2O3. The molecule has 6 heteroatoms. The van der Waals surface area contributed by atoms with Crippen LogP contribution in [-0.2, 0) is 4.74 Å². The summed E-state index contributed by atoms with van der Waals surface area (Å²) in [6.07, 6.45) is 1.62. The monoisotopic (exact) mass is 394 g/mol. The lowest BCUT2D eigenvalue weighted by Crippen LogP contribution is -2.43. The van der Waals surface area contributed by atoms with Gasteiger partial charge >= 0.3 is 0 Å². The van der Waals surface area contributed by atoms with Gasteiger partial charge in [0.1, 0.15) is 11.6 Å². The van der Waals surface area contributed by atoms with E-state index in [1.807, 2.05) is 42.5 Å². The number of hydrogen-bond acceptors (Lipinski definition) is 4. The summed E-state index contributed by atoms with van der Waals surface area (Å²) in [5, 5.41) is 2.88. The van der Waals surface area contributed by atoms with Gasteiger partial charge in [0.25, 0.3) is 5.91 Å². The average Bonchev–Trinajstić information content (AvgIpc) is 3.30. The Hall–Kier alpha value is -2.96. The third kappa shape index (κ3) is 4.55. The standard InChI is InChI=1S/C23H23FN2O3/c24-20-9-8-18(17-5-2-1-3-6-17)15-19(20)23(27)25-16-21(22-7-4-12-29-22)26-10-13-28-14-11-26/h1-9,12,15,21H,10-11,13-14,16H2,(H,25,27). The number of morpholine rings is 1. The first-order valence-corrected chi connectivity index (χ1v) is 9.71. The predicted octanol–water partition coefficient (Wildman–Crippen LogP) is 3.89. The molecule has 0 saturated carbocycles. The predicted molar refractivity (Wildman–Crippen MR) is 108 cm³/mol. The van der Waals surface area contributed by atoms with Crippen molar-refractivity contribution < 1.29 is 18.3 Å². The number of nitrogens with zero attached hydrogens (tertiary/aromatic N) is 1. The maximum Gasteiger partial charge on any atom is 0.254 e. The van der Waals surface area contributed by atoms with Crippen molar-refractivity contribution >= 4 is 5.91 Å². The molecule has 150 valence electrons. The van der Waals surface area contributed by atoms with E-state index in [4.69, 9.17) is 9.15 Å². The Morgan fingerprint density at radius 3 is 2.55 bits per heavy atom. The van der Waals surface area contributed by atoms with E-state index in [0.29, 0.717) is 19.8 Å². The van der Waals surface area contributed by atoms with Gasteiger partial charge in [0.05, 0.1) is 31.1 Å². The summed E-state index contributed by atoms with van der Waals surface area (Å²) in [7, 11) is 0. The summed E-state index contributed by atoms with van der Waals surface area (Å²) in [5.41, 5.74) is 1.77. The molecule has 1 unspecified atom stereocenters. The Morgan fingerprint density at radius 2 is 1.83 bits per heavy atom. The van der Waals surface area contributed by atoms with Crippen LogP contribution >= 0.6 is 0 Å².